The van der Waals surface area contributed by atoms with Crippen LogP contribution in [0.5, 0.6) is 0 Å². The number of carbonyl (C=O) groups is 2. The zero-order valence-corrected chi connectivity index (χ0v) is 22.3. The Bertz CT molecular complexity index is 1350. The summed E-state index contributed by atoms with van der Waals surface area (Å²) in [6.45, 7) is 4.16. The predicted octanol–water partition coefficient (Wildman–Crippen LogP) is 5.45. The van der Waals surface area contributed by atoms with Crippen molar-refractivity contribution in [1.82, 2.24) is 4.90 Å². The third-order valence-corrected chi connectivity index (χ3v) is 7.53. The van der Waals surface area contributed by atoms with Gasteiger partial charge in [0.1, 0.15) is 5.69 Å². The van der Waals surface area contributed by atoms with Gasteiger partial charge < -0.3 is 20.0 Å². The standard InChI is InChI=1S/C29H30ClN5O4/c30-23-7-4-21(5-8-23)29(37)34-18-16-32(17-19-34)25-11-9-24(10-12-25)31-28(36)22-6-13-26(27(20-22)35(38)39)33-14-2-1-3-15-33/h4-13,20H,1-3,14-19H2,(H,31,36). The quantitative estimate of drug-likeness (QED) is 0.325. The molecular weight excluding hydrogens is 518 g/mol. The molecule has 0 radical (unpaired) electrons. The maximum Gasteiger partial charge on any atom is 0.293 e. The topological polar surface area (TPSA) is 99.0 Å². The van der Waals surface area contributed by atoms with E-state index >= 15 is 0 Å². The van der Waals surface area contributed by atoms with Crippen LogP contribution in [-0.4, -0.2) is 60.9 Å². The average molecular weight is 548 g/mol. The molecule has 2 amide bonds. The van der Waals surface area contributed by atoms with Gasteiger partial charge in [-0.25, -0.2) is 0 Å². The SMILES string of the molecule is O=C(Nc1ccc(N2CCN(C(=O)c3ccc(Cl)cc3)CC2)cc1)c1ccc(N2CCCCC2)c([N+](=O)[O-])c1. The minimum Gasteiger partial charge on any atom is -0.368 e. The third kappa shape index (κ3) is 6.15. The molecule has 0 atom stereocenters. The van der Waals surface area contributed by atoms with Crippen molar-refractivity contribution in [3.8, 4) is 0 Å². The molecule has 1 N–H and O–H groups in total. The van der Waals surface area contributed by atoms with Crippen molar-refractivity contribution in [3.05, 3.63) is 93.0 Å². The van der Waals surface area contributed by atoms with Crippen LogP contribution in [0.15, 0.2) is 66.7 Å². The van der Waals surface area contributed by atoms with E-state index < -0.39 is 10.8 Å². The van der Waals surface area contributed by atoms with Gasteiger partial charge in [0.2, 0.25) is 0 Å². The number of benzene rings is 3. The first-order valence-corrected chi connectivity index (χ1v) is 13.5. The van der Waals surface area contributed by atoms with Crippen LogP contribution in [0, 0.1) is 10.1 Å². The van der Waals surface area contributed by atoms with Crippen molar-refractivity contribution in [2.75, 3.05) is 54.4 Å². The van der Waals surface area contributed by atoms with E-state index in [2.05, 4.69) is 10.2 Å². The van der Waals surface area contributed by atoms with Crippen molar-refractivity contribution in [3.63, 3.8) is 0 Å². The molecule has 2 fully saturated rings. The Morgan fingerprint density at radius 3 is 2.05 bits per heavy atom. The lowest BCUT2D eigenvalue weighted by atomic mass is 10.1. The van der Waals surface area contributed by atoms with Crippen LogP contribution < -0.4 is 15.1 Å². The number of amides is 2. The summed E-state index contributed by atoms with van der Waals surface area (Å²) in [6.07, 6.45) is 3.14. The Balaban J connectivity index is 1.19. The highest BCUT2D eigenvalue weighted by atomic mass is 35.5. The number of hydrogen-bond acceptors (Lipinski definition) is 6. The van der Waals surface area contributed by atoms with Crippen LogP contribution in [0.25, 0.3) is 0 Å². The number of nitro benzene ring substituents is 1. The van der Waals surface area contributed by atoms with Gasteiger partial charge in [0.25, 0.3) is 17.5 Å². The number of piperidine rings is 1. The van der Waals surface area contributed by atoms with Crippen molar-refractivity contribution < 1.29 is 14.5 Å². The zero-order valence-electron chi connectivity index (χ0n) is 21.5. The fourth-order valence-corrected chi connectivity index (χ4v) is 5.24. The maximum atomic E-state index is 12.9. The van der Waals surface area contributed by atoms with Crippen LogP contribution in [0.3, 0.4) is 0 Å². The molecular formula is C29H30ClN5O4. The zero-order chi connectivity index (χ0) is 27.4. The van der Waals surface area contributed by atoms with E-state index in [1.807, 2.05) is 34.1 Å². The molecule has 2 aliphatic heterocycles. The molecule has 10 heteroatoms. The highest BCUT2D eigenvalue weighted by Crippen LogP contribution is 2.31. The van der Waals surface area contributed by atoms with E-state index in [4.69, 9.17) is 11.6 Å². The van der Waals surface area contributed by atoms with Crippen LogP contribution in [-0.2, 0) is 0 Å². The number of carbonyl (C=O) groups excluding carboxylic acids is 2. The second-order valence-corrected chi connectivity index (χ2v) is 10.2. The van der Waals surface area contributed by atoms with Crippen LogP contribution in [0.4, 0.5) is 22.7 Å². The highest BCUT2D eigenvalue weighted by Gasteiger charge is 2.24. The van der Waals surface area contributed by atoms with Crippen molar-refractivity contribution in [2.45, 2.75) is 19.3 Å². The molecule has 0 bridgehead atoms. The van der Waals surface area contributed by atoms with Crippen molar-refractivity contribution in [1.29, 1.82) is 0 Å². The number of piperazine rings is 1. The molecule has 39 heavy (non-hydrogen) atoms. The Kier molecular flexibility index (Phi) is 7.97. The van der Waals surface area contributed by atoms with Crippen LogP contribution in [0.2, 0.25) is 5.02 Å². The van der Waals surface area contributed by atoms with E-state index in [1.165, 1.54) is 6.07 Å². The van der Waals surface area contributed by atoms with Gasteiger partial charge >= 0.3 is 0 Å². The first-order valence-electron chi connectivity index (χ1n) is 13.1. The van der Waals surface area contributed by atoms with Crippen LogP contribution in [0.1, 0.15) is 40.0 Å². The molecule has 2 saturated heterocycles. The number of halogens is 1. The number of nitro groups is 1. The van der Waals surface area contributed by atoms with Gasteiger partial charge in [-0.1, -0.05) is 11.6 Å². The summed E-state index contributed by atoms with van der Waals surface area (Å²) >= 11 is 5.93. The van der Waals surface area contributed by atoms with Gasteiger partial charge in [-0.15, -0.1) is 0 Å². The Morgan fingerprint density at radius 2 is 1.41 bits per heavy atom. The monoisotopic (exact) mass is 547 g/mol. The predicted molar refractivity (Wildman–Crippen MR) is 153 cm³/mol. The summed E-state index contributed by atoms with van der Waals surface area (Å²) in [5, 5.41) is 15.2. The Morgan fingerprint density at radius 1 is 0.769 bits per heavy atom. The molecule has 3 aromatic carbocycles. The van der Waals surface area contributed by atoms with E-state index in [9.17, 15) is 19.7 Å². The fourth-order valence-electron chi connectivity index (χ4n) is 5.11. The summed E-state index contributed by atoms with van der Waals surface area (Å²) in [5.74, 6) is -0.404. The van der Waals surface area contributed by atoms with Gasteiger partial charge in [0.15, 0.2) is 0 Å². The molecule has 9 nitrogen and oxygen atoms in total. The molecule has 0 saturated carbocycles. The molecule has 2 heterocycles. The lowest BCUT2D eigenvalue weighted by Gasteiger charge is -2.36. The summed E-state index contributed by atoms with van der Waals surface area (Å²) in [5.41, 5.74) is 2.98. The first-order chi connectivity index (χ1) is 18.9. The number of nitrogens with zero attached hydrogens (tertiary/aromatic N) is 4. The number of hydrogen-bond donors (Lipinski definition) is 1. The highest BCUT2D eigenvalue weighted by molar-refractivity contribution is 6.30. The van der Waals surface area contributed by atoms with E-state index in [0.29, 0.717) is 48.1 Å². The second kappa shape index (κ2) is 11.7. The smallest absolute Gasteiger partial charge is 0.293 e. The summed E-state index contributed by atoms with van der Waals surface area (Å²) in [4.78, 5) is 43.0. The third-order valence-electron chi connectivity index (χ3n) is 7.28. The normalized spacial score (nSPS) is 15.7. The molecule has 0 aliphatic carbocycles. The summed E-state index contributed by atoms with van der Waals surface area (Å²) < 4.78 is 0. The minimum atomic E-state index is -0.418. The largest absolute Gasteiger partial charge is 0.368 e. The summed E-state index contributed by atoms with van der Waals surface area (Å²) in [7, 11) is 0. The lowest BCUT2D eigenvalue weighted by Crippen LogP contribution is -2.48. The van der Waals surface area contributed by atoms with Crippen molar-refractivity contribution in [2.24, 2.45) is 0 Å². The summed E-state index contributed by atoms with van der Waals surface area (Å²) in [6, 6.07) is 19.1. The van der Waals surface area contributed by atoms with Gasteiger partial charge in [-0.3, -0.25) is 19.7 Å². The first kappa shape index (κ1) is 26.5. The second-order valence-electron chi connectivity index (χ2n) is 9.80. The van der Waals surface area contributed by atoms with Crippen molar-refractivity contribution >= 4 is 46.2 Å². The molecule has 0 spiro atoms. The minimum absolute atomic E-state index is 0.00595. The average Bonchev–Trinajstić information content (AvgIpc) is 2.98. The Hall–Kier alpha value is -4.11. The van der Waals surface area contributed by atoms with Gasteiger partial charge in [0.05, 0.1) is 4.92 Å². The molecule has 202 valence electrons. The van der Waals surface area contributed by atoms with Crippen LogP contribution >= 0.6 is 11.6 Å². The number of nitrogens with one attached hydrogen (secondary N) is 1. The molecule has 0 aromatic heterocycles. The molecule has 5 rings (SSSR count). The maximum absolute atomic E-state index is 12.9. The molecule has 2 aliphatic rings. The number of anilines is 3. The Labute approximate surface area is 232 Å². The number of rotatable bonds is 6. The van der Waals surface area contributed by atoms with E-state index in [1.54, 1.807) is 36.4 Å². The van der Waals surface area contributed by atoms with E-state index in [-0.39, 0.29) is 17.2 Å². The van der Waals surface area contributed by atoms with Gasteiger partial charge in [-0.05, 0) is 79.9 Å². The van der Waals surface area contributed by atoms with E-state index in [0.717, 1.165) is 38.0 Å². The van der Waals surface area contributed by atoms with Gasteiger partial charge in [-0.2, -0.15) is 0 Å². The van der Waals surface area contributed by atoms with Gasteiger partial charge in [0, 0.05) is 72.9 Å². The molecule has 3 aromatic rings. The fraction of sp³-hybridized carbons (Fsp3) is 0.310. The molecule has 0 unspecified atom stereocenters. The lowest BCUT2D eigenvalue weighted by molar-refractivity contribution is -0.384.